The van der Waals surface area contributed by atoms with Crippen molar-refractivity contribution in [3.05, 3.63) is 40.3 Å². The standard InChI is InChI=1S/C9H12N4/c1-13(2)7-8-3-5-9(6-4-8)11-12-10/h3-6H,7H2,1-2H3. The minimum Gasteiger partial charge on any atom is -0.305 e. The van der Waals surface area contributed by atoms with Crippen LogP contribution >= 0.6 is 0 Å². The van der Waals surface area contributed by atoms with Gasteiger partial charge in [0, 0.05) is 17.1 Å². The highest BCUT2D eigenvalue weighted by molar-refractivity contribution is 5.38. The summed E-state index contributed by atoms with van der Waals surface area (Å²) in [7, 11) is 4.03. The third kappa shape index (κ3) is 3.15. The molecule has 1 rings (SSSR count). The second-order valence-electron chi connectivity index (χ2n) is 3.09. The normalized spacial score (nSPS) is 9.77. The van der Waals surface area contributed by atoms with Crippen LogP contribution in [0.5, 0.6) is 0 Å². The maximum Gasteiger partial charge on any atom is 0.0375 e. The van der Waals surface area contributed by atoms with Gasteiger partial charge in [-0.3, -0.25) is 0 Å². The van der Waals surface area contributed by atoms with E-state index in [0.29, 0.717) is 5.69 Å². The van der Waals surface area contributed by atoms with Gasteiger partial charge in [0.15, 0.2) is 0 Å². The molecule has 0 unspecified atom stereocenters. The van der Waals surface area contributed by atoms with E-state index in [4.69, 9.17) is 5.53 Å². The Balaban J connectivity index is 2.75. The summed E-state index contributed by atoms with van der Waals surface area (Å²) in [6, 6.07) is 7.56. The largest absolute Gasteiger partial charge is 0.305 e. The average Bonchev–Trinajstić information content (AvgIpc) is 2.08. The van der Waals surface area contributed by atoms with Gasteiger partial charge in [0.1, 0.15) is 0 Å². The Morgan fingerprint density at radius 3 is 2.38 bits per heavy atom. The maximum absolute atomic E-state index is 8.18. The lowest BCUT2D eigenvalue weighted by Crippen LogP contribution is -2.10. The summed E-state index contributed by atoms with van der Waals surface area (Å²) < 4.78 is 0. The van der Waals surface area contributed by atoms with E-state index < -0.39 is 0 Å². The molecule has 0 saturated heterocycles. The van der Waals surface area contributed by atoms with Crippen molar-refractivity contribution in [2.45, 2.75) is 6.54 Å². The van der Waals surface area contributed by atoms with E-state index in [2.05, 4.69) is 14.9 Å². The second kappa shape index (κ2) is 4.50. The molecule has 0 heterocycles. The molecule has 0 aliphatic heterocycles. The van der Waals surface area contributed by atoms with Crippen LogP contribution in [0.15, 0.2) is 29.4 Å². The van der Waals surface area contributed by atoms with Gasteiger partial charge in [-0.2, -0.15) is 0 Å². The van der Waals surface area contributed by atoms with Gasteiger partial charge in [0.05, 0.1) is 0 Å². The van der Waals surface area contributed by atoms with Gasteiger partial charge in [-0.25, -0.2) is 0 Å². The third-order valence-corrected chi connectivity index (χ3v) is 1.60. The van der Waals surface area contributed by atoms with Crippen molar-refractivity contribution in [3.8, 4) is 0 Å². The summed E-state index contributed by atoms with van der Waals surface area (Å²) in [6.07, 6.45) is 0. The summed E-state index contributed by atoms with van der Waals surface area (Å²) >= 11 is 0. The van der Waals surface area contributed by atoms with Crippen LogP contribution in [0.2, 0.25) is 0 Å². The first-order chi connectivity index (χ1) is 6.22. The molecule has 4 heteroatoms. The molecule has 0 aliphatic carbocycles. The molecule has 0 spiro atoms. The van der Waals surface area contributed by atoms with Crippen LogP contribution < -0.4 is 0 Å². The summed E-state index contributed by atoms with van der Waals surface area (Å²) in [5, 5.41) is 3.49. The van der Waals surface area contributed by atoms with Crippen molar-refractivity contribution in [2.24, 2.45) is 5.11 Å². The lowest BCUT2D eigenvalue weighted by atomic mass is 10.2. The average molecular weight is 176 g/mol. The first-order valence-corrected chi connectivity index (χ1v) is 4.01. The summed E-state index contributed by atoms with van der Waals surface area (Å²) in [6.45, 7) is 0.899. The van der Waals surface area contributed by atoms with Crippen molar-refractivity contribution in [1.82, 2.24) is 4.90 Å². The summed E-state index contributed by atoms with van der Waals surface area (Å²) in [5.41, 5.74) is 10.1. The molecular formula is C9H12N4. The number of hydrogen-bond donors (Lipinski definition) is 0. The number of hydrogen-bond acceptors (Lipinski definition) is 2. The van der Waals surface area contributed by atoms with Gasteiger partial charge >= 0.3 is 0 Å². The van der Waals surface area contributed by atoms with Crippen molar-refractivity contribution >= 4 is 5.69 Å². The highest BCUT2D eigenvalue weighted by Crippen LogP contribution is 2.13. The molecule has 0 aliphatic rings. The van der Waals surface area contributed by atoms with E-state index in [9.17, 15) is 0 Å². The van der Waals surface area contributed by atoms with E-state index in [1.807, 2.05) is 38.4 Å². The van der Waals surface area contributed by atoms with Gasteiger partial charge in [0.25, 0.3) is 0 Å². The number of nitrogens with zero attached hydrogens (tertiary/aromatic N) is 4. The Morgan fingerprint density at radius 2 is 1.92 bits per heavy atom. The predicted molar refractivity (Wildman–Crippen MR) is 52.6 cm³/mol. The Bertz CT molecular complexity index is 309. The summed E-state index contributed by atoms with van der Waals surface area (Å²) in [4.78, 5) is 4.80. The minimum absolute atomic E-state index is 0.657. The quantitative estimate of drug-likeness (QED) is 0.397. The molecule has 0 atom stereocenters. The molecule has 0 N–H and O–H groups in total. The van der Waals surface area contributed by atoms with E-state index in [1.165, 1.54) is 5.56 Å². The van der Waals surface area contributed by atoms with Gasteiger partial charge < -0.3 is 4.90 Å². The zero-order chi connectivity index (χ0) is 9.68. The van der Waals surface area contributed by atoms with Crippen LogP contribution in [0.25, 0.3) is 10.4 Å². The molecule has 0 bridgehead atoms. The van der Waals surface area contributed by atoms with Crippen molar-refractivity contribution in [3.63, 3.8) is 0 Å². The van der Waals surface area contributed by atoms with Crippen LogP contribution in [-0.2, 0) is 6.54 Å². The Labute approximate surface area is 77.4 Å². The van der Waals surface area contributed by atoms with Crippen LogP contribution in [-0.4, -0.2) is 19.0 Å². The van der Waals surface area contributed by atoms with Crippen LogP contribution in [0.4, 0.5) is 5.69 Å². The maximum atomic E-state index is 8.18. The molecule has 13 heavy (non-hydrogen) atoms. The fraction of sp³-hybridized carbons (Fsp3) is 0.333. The first kappa shape index (κ1) is 9.58. The van der Waals surface area contributed by atoms with Crippen LogP contribution in [0.1, 0.15) is 5.56 Å². The predicted octanol–water partition coefficient (Wildman–Crippen LogP) is 2.69. The summed E-state index contributed by atoms with van der Waals surface area (Å²) in [5.74, 6) is 0. The molecule has 0 aromatic heterocycles. The number of rotatable bonds is 3. The molecule has 0 fully saturated rings. The van der Waals surface area contributed by atoms with Gasteiger partial charge in [-0.05, 0) is 25.2 Å². The van der Waals surface area contributed by atoms with Crippen molar-refractivity contribution in [1.29, 1.82) is 0 Å². The molecule has 4 nitrogen and oxygen atoms in total. The molecule has 0 radical (unpaired) electrons. The Morgan fingerprint density at radius 1 is 1.31 bits per heavy atom. The van der Waals surface area contributed by atoms with E-state index in [-0.39, 0.29) is 0 Å². The van der Waals surface area contributed by atoms with Gasteiger partial charge in [-0.15, -0.1) is 0 Å². The lowest BCUT2D eigenvalue weighted by Gasteiger charge is -2.08. The van der Waals surface area contributed by atoms with Crippen LogP contribution in [0.3, 0.4) is 0 Å². The molecule has 0 amide bonds. The SMILES string of the molecule is CN(C)Cc1ccc(N=[N+]=[N-])cc1. The second-order valence-corrected chi connectivity index (χ2v) is 3.09. The monoisotopic (exact) mass is 176 g/mol. The van der Waals surface area contributed by atoms with Gasteiger partial charge in [0.2, 0.25) is 0 Å². The van der Waals surface area contributed by atoms with Crippen molar-refractivity contribution < 1.29 is 0 Å². The van der Waals surface area contributed by atoms with E-state index >= 15 is 0 Å². The topological polar surface area (TPSA) is 52.0 Å². The minimum atomic E-state index is 0.657. The fourth-order valence-corrected chi connectivity index (χ4v) is 1.08. The molecular weight excluding hydrogens is 164 g/mol. The Kier molecular flexibility index (Phi) is 3.31. The number of benzene rings is 1. The molecule has 0 saturated carbocycles. The molecule has 68 valence electrons. The zero-order valence-corrected chi connectivity index (χ0v) is 7.81. The smallest absolute Gasteiger partial charge is 0.0375 e. The van der Waals surface area contributed by atoms with E-state index in [1.54, 1.807) is 0 Å². The highest BCUT2D eigenvalue weighted by Gasteiger charge is 1.94. The molecule has 1 aromatic carbocycles. The number of azide groups is 1. The third-order valence-electron chi connectivity index (χ3n) is 1.60. The van der Waals surface area contributed by atoms with E-state index in [0.717, 1.165) is 6.54 Å². The van der Waals surface area contributed by atoms with Gasteiger partial charge in [-0.1, -0.05) is 29.4 Å². The lowest BCUT2D eigenvalue weighted by molar-refractivity contribution is 0.402. The van der Waals surface area contributed by atoms with Crippen molar-refractivity contribution in [2.75, 3.05) is 14.1 Å². The zero-order valence-electron chi connectivity index (χ0n) is 7.81. The Hall–Kier alpha value is -1.51. The van der Waals surface area contributed by atoms with Crippen LogP contribution in [0, 0.1) is 0 Å². The first-order valence-electron chi connectivity index (χ1n) is 4.01. The molecule has 1 aromatic rings. The highest BCUT2D eigenvalue weighted by atomic mass is 15.1. The fourth-order valence-electron chi connectivity index (χ4n) is 1.08.